The van der Waals surface area contributed by atoms with Crippen molar-refractivity contribution in [1.82, 2.24) is 0 Å². The maximum atomic E-state index is 12.6. The van der Waals surface area contributed by atoms with Crippen molar-refractivity contribution in [3.8, 4) is 5.75 Å². The molecule has 0 aliphatic heterocycles. The molecule has 0 atom stereocenters. The first-order valence-corrected chi connectivity index (χ1v) is 8.89. The number of esters is 1. The van der Waals surface area contributed by atoms with Crippen LogP contribution in [0.3, 0.4) is 0 Å². The van der Waals surface area contributed by atoms with Crippen molar-refractivity contribution in [3.05, 3.63) is 76.9 Å². The predicted molar refractivity (Wildman–Crippen MR) is 104 cm³/mol. The van der Waals surface area contributed by atoms with Crippen molar-refractivity contribution in [2.24, 2.45) is 0 Å². The van der Waals surface area contributed by atoms with Crippen molar-refractivity contribution in [2.45, 2.75) is 26.2 Å². The average Bonchev–Trinajstić information content (AvgIpc) is 2.65. The van der Waals surface area contributed by atoms with Gasteiger partial charge in [-0.25, -0.2) is 9.59 Å². The van der Waals surface area contributed by atoms with E-state index in [0.717, 1.165) is 25.1 Å². The molecule has 4 nitrogen and oxygen atoms in total. The lowest BCUT2D eigenvalue weighted by Gasteiger charge is -2.11. The van der Waals surface area contributed by atoms with Crippen molar-refractivity contribution in [2.75, 3.05) is 0 Å². The second-order valence-electron chi connectivity index (χ2n) is 6.72. The number of halogens is 6. The van der Waals surface area contributed by atoms with Crippen LogP contribution in [0.1, 0.15) is 45.7 Å². The lowest BCUT2D eigenvalue weighted by molar-refractivity contribution is -0.0803. The number of carboxylic acid groups (broad SMARTS) is 1. The van der Waals surface area contributed by atoms with E-state index < -0.39 is 35.6 Å². The van der Waals surface area contributed by atoms with Gasteiger partial charge in [0, 0.05) is 12.2 Å². The van der Waals surface area contributed by atoms with Gasteiger partial charge in [-0.1, -0.05) is 18.2 Å². The van der Waals surface area contributed by atoms with Crippen LogP contribution in [0.4, 0.5) is 26.3 Å². The normalized spacial score (nSPS) is 13.1. The van der Waals surface area contributed by atoms with Crippen molar-refractivity contribution in [3.63, 3.8) is 0 Å². The first-order chi connectivity index (χ1) is 14.7. The number of carboxylic acids is 1. The van der Waals surface area contributed by atoms with Crippen LogP contribution in [0.5, 0.6) is 5.75 Å². The smallest absolute Gasteiger partial charge is 0.410 e. The van der Waals surface area contributed by atoms with E-state index in [1.54, 1.807) is 0 Å². The Morgan fingerprint density at radius 2 is 1.22 bits per heavy atom. The van der Waals surface area contributed by atoms with Gasteiger partial charge in [0.25, 0.3) is 0 Å². The molecule has 0 spiro atoms. The lowest BCUT2D eigenvalue weighted by atomic mass is 10.0. The molecule has 0 heterocycles. The number of hydrogen-bond acceptors (Lipinski definition) is 3. The summed E-state index contributed by atoms with van der Waals surface area (Å²) in [5.74, 6) is -2.99. The van der Waals surface area contributed by atoms with Gasteiger partial charge in [-0.05, 0) is 60.4 Å². The maximum Gasteiger partial charge on any atom is 0.410 e. The molecule has 1 N–H and O–H groups in total. The van der Waals surface area contributed by atoms with E-state index in [0.29, 0.717) is 0 Å². The van der Waals surface area contributed by atoms with Gasteiger partial charge in [-0.2, -0.15) is 26.3 Å². The molecule has 10 heteroatoms. The number of allylic oxidation sites excluding steroid dienone is 4. The number of aromatic carboxylic acids is 1. The summed E-state index contributed by atoms with van der Waals surface area (Å²) in [6.45, 7) is 2.40. The Hall–Kier alpha value is -3.56. The van der Waals surface area contributed by atoms with Gasteiger partial charge in [0.2, 0.25) is 0 Å². The Bertz CT molecular complexity index is 1080. The second kappa shape index (κ2) is 9.29. The third-order valence-corrected chi connectivity index (χ3v) is 4.21. The van der Waals surface area contributed by atoms with Crippen LogP contribution in [-0.4, -0.2) is 29.4 Å². The van der Waals surface area contributed by atoms with Crippen molar-refractivity contribution >= 4 is 23.1 Å². The van der Waals surface area contributed by atoms with E-state index in [1.807, 2.05) is 0 Å². The molecule has 0 unspecified atom stereocenters. The van der Waals surface area contributed by atoms with Gasteiger partial charge >= 0.3 is 24.3 Å². The molecule has 0 bridgehead atoms. The molecule has 0 amide bonds. The minimum Gasteiger partial charge on any atom is -0.478 e. The Morgan fingerprint density at radius 1 is 0.781 bits per heavy atom. The highest BCUT2D eigenvalue weighted by molar-refractivity contribution is 5.96. The van der Waals surface area contributed by atoms with Gasteiger partial charge in [-0.3, -0.25) is 0 Å². The zero-order valence-corrected chi connectivity index (χ0v) is 16.6. The fourth-order valence-corrected chi connectivity index (χ4v) is 2.71. The third kappa shape index (κ3) is 7.00. The van der Waals surface area contributed by atoms with E-state index in [4.69, 9.17) is 4.74 Å². The number of carbonyl (C=O) groups excluding carboxylic acids is 1. The molecule has 0 aromatic heterocycles. The molecular weight excluding hydrogens is 442 g/mol. The first-order valence-electron chi connectivity index (χ1n) is 8.89. The van der Waals surface area contributed by atoms with Gasteiger partial charge in [0.05, 0.1) is 5.56 Å². The molecule has 0 aliphatic carbocycles. The molecule has 32 heavy (non-hydrogen) atoms. The number of alkyl halides is 6. The van der Waals surface area contributed by atoms with Crippen molar-refractivity contribution in [1.29, 1.82) is 0 Å². The monoisotopic (exact) mass is 458 g/mol. The van der Waals surface area contributed by atoms with E-state index >= 15 is 0 Å². The number of rotatable bonds is 5. The zero-order chi connectivity index (χ0) is 24.3. The molecule has 0 saturated carbocycles. The molecule has 2 aromatic rings. The van der Waals surface area contributed by atoms with Crippen LogP contribution in [0, 0.1) is 0 Å². The summed E-state index contributed by atoms with van der Waals surface area (Å²) in [6.07, 6.45) is -9.00. The summed E-state index contributed by atoms with van der Waals surface area (Å²) >= 11 is 0. The van der Waals surface area contributed by atoms with Crippen LogP contribution in [0.2, 0.25) is 0 Å². The first kappa shape index (κ1) is 24.7. The molecule has 0 radical (unpaired) electrons. The fourth-order valence-electron chi connectivity index (χ4n) is 2.71. The average molecular weight is 458 g/mol. The summed E-state index contributed by atoms with van der Waals surface area (Å²) in [6, 6.07) is 8.00. The van der Waals surface area contributed by atoms with Crippen LogP contribution >= 0.6 is 0 Å². The SMILES string of the molecule is C/C(=C\C(F)(F)F)c1ccc(C(=O)Oc2cc(/C(C)=C/C(F)(F)F)ccc2C(=O)O)cc1. The Balaban J connectivity index is 2.34. The minimum absolute atomic E-state index is 0.0154. The summed E-state index contributed by atoms with van der Waals surface area (Å²) < 4.78 is 80.2. The Morgan fingerprint density at radius 3 is 1.69 bits per heavy atom. The molecule has 2 aromatic carbocycles. The van der Waals surface area contributed by atoms with Crippen LogP contribution in [0.15, 0.2) is 54.6 Å². The highest BCUT2D eigenvalue weighted by Gasteiger charge is 2.25. The summed E-state index contributed by atoms with van der Waals surface area (Å²) in [4.78, 5) is 23.8. The summed E-state index contributed by atoms with van der Waals surface area (Å²) in [7, 11) is 0. The predicted octanol–water partition coefficient (Wildman–Crippen LogP) is 6.54. The molecular formula is C22H16F6O4. The molecule has 2 rings (SSSR count). The minimum atomic E-state index is -4.60. The number of ether oxygens (including phenoxy) is 1. The van der Waals surface area contributed by atoms with E-state index in [-0.39, 0.29) is 40.0 Å². The summed E-state index contributed by atoms with van der Waals surface area (Å²) in [5.41, 5.74) is -0.702. The number of benzene rings is 2. The third-order valence-electron chi connectivity index (χ3n) is 4.21. The van der Waals surface area contributed by atoms with Crippen molar-refractivity contribution < 1.29 is 45.8 Å². The Labute approximate surface area is 178 Å². The summed E-state index contributed by atoms with van der Waals surface area (Å²) in [5, 5.41) is 9.27. The quantitative estimate of drug-likeness (QED) is 0.314. The second-order valence-corrected chi connectivity index (χ2v) is 6.72. The molecule has 170 valence electrons. The number of hydrogen-bond donors (Lipinski definition) is 1. The van der Waals surface area contributed by atoms with Crippen LogP contribution < -0.4 is 4.74 Å². The standard InChI is InChI=1S/C22H16F6O4/c1-12(10-21(23,24)25)14-3-5-15(6-4-14)20(31)32-18-9-16(7-8-17(18)19(29)30)13(2)11-22(26,27)28/h3-11H,1-2H3,(H,29,30)/b12-10+,13-11+. The van der Waals surface area contributed by atoms with Crippen LogP contribution in [-0.2, 0) is 0 Å². The van der Waals surface area contributed by atoms with Gasteiger partial charge < -0.3 is 9.84 Å². The lowest BCUT2D eigenvalue weighted by Crippen LogP contribution is -2.12. The van der Waals surface area contributed by atoms with Gasteiger partial charge in [-0.15, -0.1) is 0 Å². The fraction of sp³-hybridized carbons (Fsp3) is 0.182. The molecule has 0 saturated heterocycles. The highest BCUT2D eigenvalue weighted by atomic mass is 19.4. The number of carbonyl (C=O) groups is 2. The largest absolute Gasteiger partial charge is 0.478 e. The van der Waals surface area contributed by atoms with E-state index in [1.165, 1.54) is 31.2 Å². The zero-order valence-electron chi connectivity index (χ0n) is 16.6. The van der Waals surface area contributed by atoms with Gasteiger partial charge in [0.15, 0.2) is 0 Å². The van der Waals surface area contributed by atoms with Crippen LogP contribution in [0.25, 0.3) is 11.1 Å². The Kier molecular flexibility index (Phi) is 7.17. The maximum absolute atomic E-state index is 12.6. The van der Waals surface area contributed by atoms with E-state index in [2.05, 4.69) is 0 Å². The van der Waals surface area contributed by atoms with Gasteiger partial charge in [0.1, 0.15) is 11.3 Å². The topological polar surface area (TPSA) is 63.6 Å². The molecule has 0 fully saturated rings. The van der Waals surface area contributed by atoms with E-state index in [9.17, 15) is 41.0 Å². The molecule has 0 aliphatic rings. The highest BCUT2D eigenvalue weighted by Crippen LogP contribution is 2.29.